The molecule has 128 valence electrons. The van der Waals surface area contributed by atoms with E-state index >= 15 is 0 Å². The maximum atomic E-state index is 12.7. The highest BCUT2D eigenvalue weighted by Crippen LogP contribution is 2.23. The van der Waals surface area contributed by atoms with E-state index in [1.165, 1.54) is 4.31 Å². The van der Waals surface area contributed by atoms with Crippen molar-refractivity contribution in [3.63, 3.8) is 0 Å². The number of hydrogen-bond acceptors (Lipinski definition) is 3. The molecule has 1 saturated heterocycles. The van der Waals surface area contributed by atoms with Gasteiger partial charge in [0.1, 0.15) is 0 Å². The largest absolute Gasteiger partial charge is 0.353 e. The molecule has 1 aromatic rings. The van der Waals surface area contributed by atoms with Crippen LogP contribution in [0.15, 0.2) is 29.2 Å². The first kappa shape index (κ1) is 17.9. The first-order chi connectivity index (χ1) is 10.6. The molecule has 1 aromatic carbocycles. The fraction of sp³-hybridized carbons (Fsp3) is 0.588. The third kappa shape index (κ3) is 4.12. The van der Waals surface area contributed by atoms with Gasteiger partial charge in [-0.05, 0) is 31.4 Å². The summed E-state index contributed by atoms with van der Waals surface area (Å²) in [6, 6.07) is 7.09. The van der Waals surface area contributed by atoms with Crippen LogP contribution in [0.2, 0.25) is 0 Å². The van der Waals surface area contributed by atoms with Crippen molar-refractivity contribution in [1.82, 2.24) is 9.62 Å². The van der Waals surface area contributed by atoms with Crippen LogP contribution in [0.3, 0.4) is 0 Å². The second-order valence-corrected chi connectivity index (χ2v) is 9.07. The van der Waals surface area contributed by atoms with Crippen molar-refractivity contribution < 1.29 is 13.2 Å². The molecule has 1 heterocycles. The number of nitrogens with zero attached hydrogens (tertiary/aromatic N) is 1. The average Bonchev–Trinajstić information content (AvgIpc) is 2.47. The monoisotopic (exact) mass is 338 g/mol. The number of carbonyl (C=O) groups excluding carboxylic acids is 1. The highest BCUT2D eigenvalue weighted by atomic mass is 32.2. The van der Waals surface area contributed by atoms with Gasteiger partial charge < -0.3 is 5.32 Å². The summed E-state index contributed by atoms with van der Waals surface area (Å²) in [6.07, 6.45) is 1.29. The van der Waals surface area contributed by atoms with Crippen LogP contribution < -0.4 is 5.32 Å². The van der Waals surface area contributed by atoms with Crippen LogP contribution >= 0.6 is 0 Å². The van der Waals surface area contributed by atoms with Crippen molar-refractivity contribution in [1.29, 1.82) is 0 Å². The van der Waals surface area contributed by atoms with Crippen molar-refractivity contribution in [3.8, 4) is 0 Å². The molecule has 0 bridgehead atoms. The van der Waals surface area contributed by atoms with Crippen LogP contribution in [0.25, 0.3) is 0 Å². The van der Waals surface area contributed by atoms with Crippen LogP contribution in [0, 0.1) is 12.3 Å². The van der Waals surface area contributed by atoms with Gasteiger partial charge in [0.2, 0.25) is 15.9 Å². The van der Waals surface area contributed by atoms with Crippen LogP contribution in [0.5, 0.6) is 0 Å². The molecule has 5 nitrogen and oxygen atoms in total. The first-order valence-corrected chi connectivity index (χ1v) is 9.43. The van der Waals surface area contributed by atoms with Gasteiger partial charge in [0.15, 0.2) is 0 Å². The summed E-state index contributed by atoms with van der Waals surface area (Å²) < 4.78 is 27.0. The number of hydrogen-bond donors (Lipinski definition) is 1. The Balaban J connectivity index is 2.02. The molecule has 0 aromatic heterocycles. The lowest BCUT2D eigenvalue weighted by Crippen LogP contribution is -2.48. The van der Waals surface area contributed by atoms with E-state index in [-0.39, 0.29) is 11.9 Å². The zero-order valence-electron chi connectivity index (χ0n) is 14.3. The van der Waals surface area contributed by atoms with Crippen molar-refractivity contribution in [2.75, 3.05) is 13.1 Å². The standard InChI is InChI=1S/C17H26N2O3S/c1-13-7-5-6-8-15(13)23(21,22)19-11-9-14(10-12-19)18-16(20)17(2,3)4/h5-8,14H,9-12H2,1-4H3,(H,18,20). The van der Waals surface area contributed by atoms with Crippen molar-refractivity contribution in [3.05, 3.63) is 29.8 Å². The smallest absolute Gasteiger partial charge is 0.243 e. The van der Waals surface area contributed by atoms with Crippen LogP contribution in [0.4, 0.5) is 0 Å². The van der Waals surface area contributed by atoms with Crippen LogP contribution in [0.1, 0.15) is 39.2 Å². The predicted octanol–water partition coefficient (Wildman–Crippen LogP) is 2.31. The van der Waals surface area contributed by atoms with E-state index in [0.29, 0.717) is 30.8 Å². The van der Waals surface area contributed by atoms with Gasteiger partial charge in [-0.2, -0.15) is 4.31 Å². The lowest BCUT2D eigenvalue weighted by atomic mass is 9.94. The number of sulfonamides is 1. The van der Waals surface area contributed by atoms with Gasteiger partial charge in [0.05, 0.1) is 4.90 Å². The summed E-state index contributed by atoms with van der Waals surface area (Å²) >= 11 is 0. The molecule has 0 aliphatic carbocycles. The molecule has 1 fully saturated rings. The Labute approximate surface area is 139 Å². The number of rotatable bonds is 3. The molecule has 23 heavy (non-hydrogen) atoms. The van der Waals surface area contributed by atoms with E-state index in [2.05, 4.69) is 5.32 Å². The Morgan fingerprint density at radius 2 is 1.74 bits per heavy atom. The Bertz CT molecular complexity index is 669. The van der Waals surface area contributed by atoms with E-state index in [1.807, 2.05) is 39.8 Å². The van der Waals surface area contributed by atoms with Crippen molar-refractivity contribution in [2.24, 2.45) is 5.41 Å². The normalized spacial score (nSPS) is 17.9. The molecule has 1 aliphatic heterocycles. The predicted molar refractivity (Wildman–Crippen MR) is 90.6 cm³/mol. The second kappa shape index (κ2) is 6.61. The van der Waals surface area contributed by atoms with E-state index in [4.69, 9.17) is 0 Å². The molecule has 1 N–H and O–H groups in total. The minimum Gasteiger partial charge on any atom is -0.353 e. The van der Waals surface area contributed by atoms with Crippen molar-refractivity contribution >= 4 is 15.9 Å². The van der Waals surface area contributed by atoms with Crippen LogP contribution in [-0.4, -0.2) is 37.8 Å². The van der Waals surface area contributed by atoms with E-state index in [9.17, 15) is 13.2 Å². The summed E-state index contributed by atoms with van der Waals surface area (Å²) in [7, 11) is -3.45. The molecule has 6 heteroatoms. The number of benzene rings is 1. The molecule has 0 atom stereocenters. The fourth-order valence-electron chi connectivity index (χ4n) is 2.63. The molecule has 2 rings (SSSR count). The Morgan fingerprint density at radius 3 is 2.26 bits per heavy atom. The molecule has 0 spiro atoms. The Morgan fingerprint density at radius 1 is 1.17 bits per heavy atom. The average molecular weight is 338 g/mol. The zero-order chi connectivity index (χ0) is 17.3. The van der Waals surface area contributed by atoms with Gasteiger partial charge in [-0.25, -0.2) is 8.42 Å². The summed E-state index contributed by atoms with van der Waals surface area (Å²) in [6.45, 7) is 8.31. The quantitative estimate of drug-likeness (QED) is 0.920. The number of amides is 1. The van der Waals surface area contributed by atoms with Gasteiger partial charge in [0.25, 0.3) is 0 Å². The summed E-state index contributed by atoms with van der Waals surface area (Å²) in [5.74, 6) is 0.0118. The second-order valence-electron chi connectivity index (χ2n) is 7.17. The van der Waals surface area contributed by atoms with Gasteiger partial charge in [-0.1, -0.05) is 39.0 Å². The summed E-state index contributed by atoms with van der Waals surface area (Å²) in [5.41, 5.74) is 0.334. The number of nitrogens with one attached hydrogen (secondary N) is 1. The molecule has 0 unspecified atom stereocenters. The minimum atomic E-state index is -3.45. The minimum absolute atomic E-state index is 0.0118. The van der Waals surface area contributed by atoms with Gasteiger partial charge in [0, 0.05) is 24.5 Å². The SMILES string of the molecule is Cc1ccccc1S(=O)(=O)N1CCC(NC(=O)C(C)(C)C)CC1. The first-order valence-electron chi connectivity index (χ1n) is 7.99. The molecule has 0 saturated carbocycles. The van der Waals surface area contributed by atoms with Gasteiger partial charge in [-0.15, -0.1) is 0 Å². The third-order valence-electron chi connectivity index (χ3n) is 4.18. The van der Waals surface area contributed by atoms with Gasteiger partial charge in [-0.3, -0.25) is 4.79 Å². The lowest BCUT2D eigenvalue weighted by molar-refractivity contribution is -0.129. The summed E-state index contributed by atoms with van der Waals surface area (Å²) in [4.78, 5) is 12.4. The summed E-state index contributed by atoms with van der Waals surface area (Å²) in [5, 5.41) is 3.02. The molecular formula is C17H26N2O3S. The molecule has 1 aliphatic rings. The molecule has 0 radical (unpaired) electrons. The fourth-order valence-corrected chi connectivity index (χ4v) is 4.32. The van der Waals surface area contributed by atoms with E-state index in [0.717, 1.165) is 5.56 Å². The highest BCUT2D eigenvalue weighted by Gasteiger charge is 2.32. The Kier molecular flexibility index (Phi) is 5.16. The number of piperidine rings is 1. The van der Waals surface area contributed by atoms with E-state index in [1.54, 1.807) is 12.1 Å². The van der Waals surface area contributed by atoms with Gasteiger partial charge >= 0.3 is 0 Å². The van der Waals surface area contributed by atoms with Crippen molar-refractivity contribution in [2.45, 2.75) is 51.5 Å². The van der Waals surface area contributed by atoms with Crippen LogP contribution in [-0.2, 0) is 14.8 Å². The number of carbonyl (C=O) groups is 1. The topological polar surface area (TPSA) is 66.5 Å². The maximum Gasteiger partial charge on any atom is 0.243 e. The zero-order valence-corrected chi connectivity index (χ0v) is 15.1. The molecular weight excluding hydrogens is 312 g/mol. The van der Waals surface area contributed by atoms with E-state index < -0.39 is 15.4 Å². The third-order valence-corrected chi connectivity index (χ3v) is 6.24. The lowest BCUT2D eigenvalue weighted by Gasteiger charge is -2.33. The molecule has 1 amide bonds. The number of aryl methyl sites for hydroxylation is 1. The Hall–Kier alpha value is -1.40. The highest BCUT2D eigenvalue weighted by molar-refractivity contribution is 7.89. The maximum absolute atomic E-state index is 12.7.